The Morgan fingerprint density at radius 2 is 2.06 bits per heavy atom. The standard InChI is InChI=1S/C13H20FNO2/c1-11-4-5-12(10-13(11)14)17-8-3-6-15-7-9-16-2/h4-5,10,15H,3,6-9H2,1-2H3. The van der Waals surface area contributed by atoms with Crippen molar-refractivity contribution in [2.45, 2.75) is 13.3 Å². The number of rotatable bonds is 8. The minimum atomic E-state index is -0.222. The average molecular weight is 241 g/mol. The van der Waals surface area contributed by atoms with Crippen LogP contribution in [0.4, 0.5) is 4.39 Å². The van der Waals surface area contributed by atoms with Crippen LogP contribution in [0.2, 0.25) is 0 Å². The van der Waals surface area contributed by atoms with Gasteiger partial charge in [-0.2, -0.15) is 0 Å². The lowest BCUT2D eigenvalue weighted by Crippen LogP contribution is -2.21. The van der Waals surface area contributed by atoms with Crippen molar-refractivity contribution < 1.29 is 13.9 Å². The molecule has 4 heteroatoms. The fourth-order valence-corrected chi connectivity index (χ4v) is 1.35. The zero-order chi connectivity index (χ0) is 12.5. The van der Waals surface area contributed by atoms with E-state index in [0.29, 0.717) is 24.5 Å². The molecule has 0 fully saturated rings. The quantitative estimate of drug-likeness (QED) is 0.707. The Bertz CT molecular complexity index is 331. The van der Waals surface area contributed by atoms with Crippen LogP contribution in [0.5, 0.6) is 5.75 Å². The average Bonchev–Trinajstić information content (AvgIpc) is 2.32. The molecule has 0 heterocycles. The lowest BCUT2D eigenvalue weighted by Gasteiger charge is -2.07. The van der Waals surface area contributed by atoms with Gasteiger partial charge in [0.2, 0.25) is 0 Å². The van der Waals surface area contributed by atoms with Crippen molar-refractivity contribution in [1.82, 2.24) is 5.32 Å². The molecule has 1 N–H and O–H groups in total. The molecule has 0 saturated carbocycles. The molecule has 1 rings (SSSR count). The normalized spacial score (nSPS) is 10.5. The van der Waals surface area contributed by atoms with Crippen molar-refractivity contribution in [2.75, 3.05) is 33.4 Å². The first-order valence-electron chi connectivity index (χ1n) is 5.82. The molecule has 0 aromatic heterocycles. The molecule has 0 amide bonds. The molecular formula is C13H20FNO2. The van der Waals surface area contributed by atoms with Gasteiger partial charge in [-0.1, -0.05) is 6.07 Å². The third-order valence-corrected chi connectivity index (χ3v) is 2.39. The van der Waals surface area contributed by atoms with Gasteiger partial charge in [-0.05, 0) is 31.5 Å². The van der Waals surface area contributed by atoms with Crippen LogP contribution in [0.25, 0.3) is 0 Å². The number of hydrogen-bond acceptors (Lipinski definition) is 3. The molecule has 1 aromatic rings. The first-order valence-corrected chi connectivity index (χ1v) is 5.82. The zero-order valence-corrected chi connectivity index (χ0v) is 10.5. The van der Waals surface area contributed by atoms with Gasteiger partial charge in [-0.25, -0.2) is 4.39 Å². The highest BCUT2D eigenvalue weighted by Crippen LogP contribution is 2.15. The third-order valence-electron chi connectivity index (χ3n) is 2.39. The third kappa shape index (κ3) is 5.65. The van der Waals surface area contributed by atoms with Crippen LogP contribution in [0.3, 0.4) is 0 Å². The van der Waals surface area contributed by atoms with Gasteiger partial charge in [0.25, 0.3) is 0 Å². The summed E-state index contributed by atoms with van der Waals surface area (Å²) in [5.74, 6) is 0.366. The molecule has 0 bridgehead atoms. The Morgan fingerprint density at radius 1 is 1.24 bits per heavy atom. The SMILES string of the molecule is COCCNCCCOc1ccc(C)c(F)c1. The highest BCUT2D eigenvalue weighted by atomic mass is 19.1. The van der Waals surface area contributed by atoms with Crippen LogP contribution in [0.15, 0.2) is 18.2 Å². The van der Waals surface area contributed by atoms with Crippen molar-refractivity contribution in [1.29, 1.82) is 0 Å². The smallest absolute Gasteiger partial charge is 0.129 e. The largest absolute Gasteiger partial charge is 0.493 e. The van der Waals surface area contributed by atoms with E-state index < -0.39 is 0 Å². The molecule has 0 saturated heterocycles. The molecule has 0 aliphatic heterocycles. The first-order chi connectivity index (χ1) is 8.24. The second-order valence-electron chi connectivity index (χ2n) is 3.86. The number of ether oxygens (including phenoxy) is 2. The molecule has 0 aliphatic rings. The van der Waals surface area contributed by atoms with E-state index in [1.807, 2.05) is 0 Å². The van der Waals surface area contributed by atoms with Gasteiger partial charge in [0.05, 0.1) is 13.2 Å². The molecule has 96 valence electrons. The Hall–Kier alpha value is -1.13. The van der Waals surface area contributed by atoms with Gasteiger partial charge >= 0.3 is 0 Å². The Balaban J connectivity index is 2.11. The van der Waals surface area contributed by atoms with Crippen molar-refractivity contribution in [3.05, 3.63) is 29.6 Å². The van der Waals surface area contributed by atoms with Gasteiger partial charge < -0.3 is 14.8 Å². The summed E-state index contributed by atoms with van der Waals surface area (Å²) in [6.45, 7) is 4.75. The summed E-state index contributed by atoms with van der Waals surface area (Å²) in [4.78, 5) is 0. The number of aryl methyl sites for hydroxylation is 1. The Kier molecular flexibility index (Phi) is 6.58. The lowest BCUT2D eigenvalue weighted by atomic mass is 10.2. The Morgan fingerprint density at radius 3 is 2.76 bits per heavy atom. The van der Waals surface area contributed by atoms with E-state index >= 15 is 0 Å². The Labute approximate surface area is 102 Å². The van der Waals surface area contributed by atoms with E-state index in [1.54, 1.807) is 26.2 Å². The van der Waals surface area contributed by atoms with E-state index in [-0.39, 0.29) is 5.82 Å². The minimum Gasteiger partial charge on any atom is -0.493 e. The summed E-state index contributed by atoms with van der Waals surface area (Å²) in [5, 5.41) is 3.21. The maximum Gasteiger partial charge on any atom is 0.129 e. The van der Waals surface area contributed by atoms with Crippen molar-refractivity contribution in [3.8, 4) is 5.75 Å². The van der Waals surface area contributed by atoms with Gasteiger partial charge in [0.1, 0.15) is 11.6 Å². The molecule has 3 nitrogen and oxygen atoms in total. The summed E-state index contributed by atoms with van der Waals surface area (Å²) >= 11 is 0. The highest BCUT2D eigenvalue weighted by molar-refractivity contribution is 5.27. The molecule has 1 aromatic carbocycles. The topological polar surface area (TPSA) is 30.5 Å². The molecule has 0 unspecified atom stereocenters. The minimum absolute atomic E-state index is 0.222. The monoisotopic (exact) mass is 241 g/mol. The molecule has 0 radical (unpaired) electrons. The van der Waals surface area contributed by atoms with Crippen LogP contribution in [-0.4, -0.2) is 33.4 Å². The van der Waals surface area contributed by atoms with Crippen molar-refractivity contribution in [2.24, 2.45) is 0 Å². The summed E-state index contributed by atoms with van der Waals surface area (Å²) in [6.07, 6.45) is 0.888. The maximum atomic E-state index is 13.2. The van der Waals surface area contributed by atoms with E-state index in [0.717, 1.165) is 19.5 Å². The van der Waals surface area contributed by atoms with E-state index in [4.69, 9.17) is 9.47 Å². The molecular weight excluding hydrogens is 221 g/mol. The summed E-state index contributed by atoms with van der Waals surface area (Å²) in [6, 6.07) is 4.94. The van der Waals surface area contributed by atoms with Crippen molar-refractivity contribution >= 4 is 0 Å². The van der Waals surface area contributed by atoms with Gasteiger partial charge in [-0.15, -0.1) is 0 Å². The van der Waals surface area contributed by atoms with Crippen LogP contribution in [-0.2, 0) is 4.74 Å². The summed E-state index contributed by atoms with van der Waals surface area (Å²) < 4.78 is 23.5. The number of nitrogens with one attached hydrogen (secondary N) is 1. The lowest BCUT2D eigenvalue weighted by molar-refractivity contribution is 0.198. The maximum absolute atomic E-state index is 13.2. The predicted molar refractivity (Wildman–Crippen MR) is 66.0 cm³/mol. The van der Waals surface area contributed by atoms with E-state index in [2.05, 4.69) is 5.32 Å². The van der Waals surface area contributed by atoms with Gasteiger partial charge in [0, 0.05) is 19.7 Å². The molecule has 0 spiro atoms. The van der Waals surface area contributed by atoms with E-state index in [9.17, 15) is 4.39 Å². The van der Waals surface area contributed by atoms with Gasteiger partial charge in [-0.3, -0.25) is 0 Å². The van der Waals surface area contributed by atoms with E-state index in [1.165, 1.54) is 6.07 Å². The number of halogens is 1. The van der Waals surface area contributed by atoms with Crippen LogP contribution >= 0.6 is 0 Å². The number of hydrogen-bond donors (Lipinski definition) is 1. The van der Waals surface area contributed by atoms with Crippen LogP contribution in [0, 0.1) is 12.7 Å². The fourth-order valence-electron chi connectivity index (χ4n) is 1.35. The molecule has 0 aliphatic carbocycles. The van der Waals surface area contributed by atoms with Gasteiger partial charge in [0.15, 0.2) is 0 Å². The zero-order valence-electron chi connectivity index (χ0n) is 10.5. The van der Waals surface area contributed by atoms with Crippen molar-refractivity contribution in [3.63, 3.8) is 0 Å². The fraction of sp³-hybridized carbons (Fsp3) is 0.538. The first kappa shape index (κ1) is 13.9. The second kappa shape index (κ2) is 8.03. The highest BCUT2D eigenvalue weighted by Gasteiger charge is 1.99. The molecule has 0 atom stereocenters. The predicted octanol–water partition coefficient (Wildman–Crippen LogP) is 2.14. The summed E-state index contributed by atoms with van der Waals surface area (Å²) in [7, 11) is 1.68. The van der Waals surface area contributed by atoms with Crippen LogP contribution in [0.1, 0.15) is 12.0 Å². The molecule has 17 heavy (non-hydrogen) atoms. The van der Waals surface area contributed by atoms with Crippen LogP contribution < -0.4 is 10.1 Å². The number of benzene rings is 1. The number of methoxy groups -OCH3 is 1. The summed E-state index contributed by atoms with van der Waals surface area (Å²) in [5.41, 5.74) is 0.638. The second-order valence-corrected chi connectivity index (χ2v) is 3.86.